The van der Waals surface area contributed by atoms with Gasteiger partial charge < -0.3 is 5.11 Å². The Labute approximate surface area is 123 Å². The van der Waals surface area contributed by atoms with Gasteiger partial charge in [-0.1, -0.05) is 12.1 Å². The van der Waals surface area contributed by atoms with Crippen molar-refractivity contribution in [3.63, 3.8) is 0 Å². The molecule has 0 bridgehead atoms. The highest BCUT2D eigenvalue weighted by Crippen LogP contribution is 2.21. The zero-order valence-corrected chi connectivity index (χ0v) is 12.2. The Kier molecular flexibility index (Phi) is 4.60. The molecule has 1 aliphatic rings. The van der Waals surface area contributed by atoms with Crippen molar-refractivity contribution in [3.8, 4) is 6.07 Å². The third-order valence-corrected chi connectivity index (χ3v) is 5.35. The summed E-state index contributed by atoms with van der Waals surface area (Å²) in [5.74, 6) is -1.81. The van der Waals surface area contributed by atoms with Crippen molar-refractivity contribution in [2.24, 2.45) is 5.92 Å². The van der Waals surface area contributed by atoms with Crippen molar-refractivity contribution >= 4 is 16.0 Å². The summed E-state index contributed by atoms with van der Waals surface area (Å²) < 4.78 is 26.0. The first-order valence-corrected chi connectivity index (χ1v) is 8.23. The monoisotopic (exact) mass is 308 g/mol. The van der Waals surface area contributed by atoms with Crippen molar-refractivity contribution < 1.29 is 18.3 Å². The molecule has 7 heteroatoms. The Morgan fingerprint density at radius 1 is 1.48 bits per heavy atom. The van der Waals surface area contributed by atoms with E-state index < -0.39 is 21.9 Å². The molecule has 21 heavy (non-hydrogen) atoms. The third kappa shape index (κ3) is 3.80. The van der Waals surface area contributed by atoms with Gasteiger partial charge in [0.15, 0.2) is 0 Å². The lowest BCUT2D eigenvalue weighted by atomic mass is 10.0. The smallest absolute Gasteiger partial charge is 0.307 e. The second-order valence-electron chi connectivity index (χ2n) is 5.10. The van der Waals surface area contributed by atoms with Gasteiger partial charge in [0.2, 0.25) is 10.0 Å². The van der Waals surface area contributed by atoms with E-state index in [1.54, 1.807) is 18.2 Å². The van der Waals surface area contributed by atoms with E-state index in [1.807, 2.05) is 6.07 Å². The fraction of sp³-hybridized carbons (Fsp3) is 0.429. The number of aliphatic carboxylic acids is 1. The van der Waals surface area contributed by atoms with Crippen LogP contribution in [0.3, 0.4) is 0 Å². The molecule has 1 aromatic rings. The highest BCUT2D eigenvalue weighted by atomic mass is 32.2. The van der Waals surface area contributed by atoms with E-state index in [9.17, 15) is 13.2 Å². The minimum atomic E-state index is -3.57. The first kappa shape index (κ1) is 15.5. The number of piperidine rings is 1. The van der Waals surface area contributed by atoms with Crippen LogP contribution in [-0.2, 0) is 20.6 Å². The normalized spacial score (nSPS) is 19.9. The molecule has 0 aliphatic carbocycles. The van der Waals surface area contributed by atoms with Gasteiger partial charge in [-0.2, -0.15) is 5.26 Å². The summed E-state index contributed by atoms with van der Waals surface area (Å²) in [6.45, 7) is 0.375. The zero-order chi connectivity index (χ0) is 15.5. The van der Waals surface area contributed by atoms with Crippen molar-refractivity contribution in [2.75, 3.05) is 13.1 Å². The average molecular weight is 308 g/mol. The van der Waals surface area contributed by atoms with E-state index in [0.717, 1.165) is 0 Å². The Morgan fingerprint density at radius 2 is 2.24 bits per heavy atom. The molecule has 0 saturated carbocycles. The quantitative estimate of drug-likeness (QED) is 0.900. The summed E-state index contributed by atoms with van der Waals surface area (Å²) in [6, 6.07) is 8.40. The van der Waals surface area contributed by atoms with Crippen molar-refractivity contribution in [1.29, 1.82) is 5.26 Å². The zero-order valence-electron chi connectivity index (χ0n) is 11.4. The van der Waals surface area contributed by atoms with E-state index in [0.29, 0.717) is 30.5 Å². The maximum Gasteiger partial charge on any atom is 0.307 e. The van der Waals surface area contributed by atoms with Gasteiger partial charge >= 0.3 is 5.97 Å². The lowest BCUT2D eigenvalue weighted by Gasteiger charge is -2.29. The van der Waals surface area contributed by atoms with E-state index >= 15 is 0 Å². The van der Waals surface area contributed by atoms with Crippen LogP contribution in [0.2, 0.25) is 0 Å². The first-order valence-electron chi connectivity index (χ1n) is 6.62. The van der Waals surface area contributed by atoms with Crippen LogP contribution in [-0.4, -0.2) is 36.9 Å². The SMILES string of the molecule is N#Cc1cccc(CS(=O)(=O)N2CCC[C@@H](C(=O)O)C2)c1. The fourth-order valence-corrected chi connectivity index (χ4v) is 4.03. The summed E-state index contributed by atoms with van der Waals surface area (Å²) in [5, 5.41) is 17.9. The second kappa shape index (κ2) is 6.24. The lowest BCUT2D eigenvalue weighted by Crippen LogP contribution is -2.42. The topological polar surface area (TPSA) is 98.5 Å². The Hall–Kier alpha value is -1.91. The molecular formula is C14H16N2O4S. The van der Waals surface area contributed by atoms with Gasteiger partial charge in [0.05, 0.1) is 23.3 Å². The summed E-state index contributed by atoms with van der Waals surface area (Å²) >= 11 is 0. The molecule has 0 aromatic heterocycles. The molecule has 2 rings (SSSR count). The Morgan fingerprint density at radius 3 is 2.90 bits per heavy atom. The molecule has 1 atom stereocenters. The molecular weight excluding hydrogens is 292 g/mol. The van der Waals surface area contributed by atoms with Gasteiger partial charge in [0.1, 0.15) is 0 Å². The molecule has 0 unspecified atom stereocenters. The Balaban J connectivity index is 2.14. The van der Waals surface area contributed by atoms with Gasteiger partial charge in [0.25, 0.3) is 0 Å². The summed E-state index contributed by atoms with van der Waals surface area (Å²) in [7, 11) is -3.57. The van der Waals surface area contributed by atoms with E-state index in [-0.39, 0.29) is 12.3 Å². The number of nitrogens with zero attached hydrogens (tertiary/aromatic N) is 2. The second-order valence-corrected chi connectivity index (χ2v) is 7.07. The maximum atomic E-state index is 12.4. The number of carboxylic acids is 1. The van der Waals surface area contributed by atoms with Crippen LogP contribution in [0.1, 0.15) is 24.0 Å². The summed E-state index contributed by atoms with van der Waals surface area (Å²) in [6.07, 6.45) is 1.06. The highest BCUT2D eigenvalue weighted by molar-refractivity contribution is 7.88. The van der Waals surface area contributed by atoms with Gasteiger partial charge in [-0.15, -0.1) is 0 Å². The molecule has 1 aromatic carbocycles. The molecule has 0 spiro atoms. The van der Waals surface area contributed by atoms with Crippen LogP contribution < -0.4 is 0 Å². The number of benzene rings is 1. The molecule has 1 N–H and O–H groups in total. The maximum absolute atomic E-state index is 12.4. The van der Waals surface area contributed by atoms with Gasteiger partial charge in [-0.3, -0.25) is 4.79 Å². The van der Waals surface area contributed by atoms with Crippen LogP contribution in [0.25, 0.3) is 0 Å². The van der Waals surface area contributed by atoms with Crippen LogP contribution in [0.5, 0.6) is 0 Å². The summed E-state index contributed by atoms with van der Waals surface area (Å²) in [5.41, 5.74) is 0.941. The highest BCUT2D eigenvalue weighted by Gasteiger charge is 2.32. The van der Waals surface area contributed by atoms with Crippen LogP contribution >= 0.6 is 0 Å². The molecule has 1 saturated heterocycles. The number of nitriles is 1. The predicted molar refractivity (Wildman–Crippen MR) is 75.7 cm³/mol. The van der Waals surface area contributed by atoms with E-state index in [4.69, 9.17) is 10.4 Å². The number of hydrogen-bond donors (Lipinski definition) is 1. The first-order chi connectivity index (χ1) is 9.92. The molecule has 0 amide bonds. The van der Waals surface area contributed by atoms with Gasteiger partial charge in [-0.25, -0.2) is 12.7 Å². The third-order valence-electron chi connectivity index (χ3n) is 3.53. The van der Waals surface area contributed by atoms with Crippen molar-refractivity contribution in [2.45, 2.75) is 18.6 Å². The van der Waals surface area contributed by atoms with Gasteiger partial charge in [0, 0.05) is 13.1 Å². The molecule has 1 heterocycles. The number of rotatable bonds is 4. The Bertz CT molecular complexity index is 678. The van der Waals surface area contributed by atoms with E-state index in [2.05, 4.69) is 0 Å². The molecule has 1 aliphatic heterocycles. The number of sulfonamides is 1. The molecule has 6 nitrogen and oxygen atoms in total. The average Bonchev–Trinajstić information content (AvgIpc) is 2.47. The van der Waals surface area contributed by atoms with Crippen molar-refractivity contribution in [1.82, 2.24) is 4.31 Å². The molecule has 0 radical (unpaired) electrons. The lowest BCUT2D eigenvalue weighted by molar-refractivity contribution is -0.142. The number of hydrogen-bond acceptors (Lipinski definition) is 4. The number of carbonyl (C=O) groups is 1. The fourth-order valence-electron chi connectivity index (χ4n) is 2.43. The van der Waals surface area contributed by atoms with Crippen LogP contribution in [0, 0.1) is 17.2 Å². The predicted octanol–water partition coefficient (Wildman–Crippen LogP) is 1.18. The van der Waals surface area contributed by atoms with Crippen LogP contribution in [0.4, 0.5) is 0 Å². The molecule has 1 fully saturated rings. The summed E-state index contributed by atoms with van der Waals surface area (Å²) in [4.78, 5) is 11.0. The molecule has 112 valence electrons. The standard InChI is InChI=1S/C14H16N2O4S/c15-8-11-3-1-4-12(7-11)10-21(19,20)16-6-2-5-13(9-16)14(17)18/h1,3-4,7,13H,2,5-6,9-10H2,(H,17,18)/t13-/m1/s1. The largest absolute Gasteiger partial charge is 0.481 e. The minimum Gasteiger partial charge on any atom is -0.481 e. The van der Waals surface area contributed by atoms with Crippen molar-refractivity contribution in [3.05, 3.63) is 35.4 Å². The van der Waals surface area contributed by atoms with E-state index in [1.165, 1.54) is 10.4 Å². The minimum absolute atomic E-state index is 0.0234. The van der Waals surface area contributed by atoms with Crippen LogP contribution in [0.15, 0.2) is 24.3 Å². The van der Waals surface area contributed by atoms with Gasteiger partial charge in [-0.05, 0) is 30.5 Å². The number of carboxylic acid groups (broad SMARTS) is 1.